The van der Waals surface area contributed by atoms with Crippen molar-refractivity contribution in [1.82, 2.24) is 29.7 Å². The minimum atomic E-state index is -4.41. The Kier molecular flexibility index (Phi) is 15.8. The van der Waals surface area contributed by atoms with Gasteiger partial charge in [0.25, 0.3) is 11.8 Å². The zero-order chi connectivity index (χ0) is 47.7. The summed E-state index contributed by atoms with van der Waals surface area (Å²) < 4.78 is 47.9. The van der Waals surface area contributed by atoms with Crippen molar-refractivity contribution in [3.63, 3.8) is 0 Å². The van der Waals surface area contributed by atoms with Gasteiger partial charge in [0.05, 0.1) is 11.6 Å². The van der Waals surface area contributed by atoms with Gasteiger partial charge in [0.2, 0.25) is 11.9 Å². The quantitative estimate of drug-likeness (QED) is 0.124. The molecule has 67 heavy (non-hydrogen) atoms. The van der Waals surface area contributed by atoms with Gasteiger partial charge < -0.3 is 29.1 Å². The zero-order valence-corrected chi connectivity index (χ0v) is 39.8. The molecule has 4 aromatic carbocycles. The Bertz CT molecular complexity index is 2610. The second-order valence-electron chi connectivity index (χ2n) is 17.0. The molecular formula is C51H54BrF3N8O4. The third-order valence-corrected chi connectivity index (χ3v) is 12.4. The first-order chi connectivity index (χ1) is 32.2. The molecule has 4 heterocycles. The van der Waals surface area contributed by atoms with Crippen LogP contribution in [0.1, 0.15) is 69.4 Å². The first kappa shape index (κ1) is 48.4. The van der Waals surface area contributed by atoms with Crippen molar-refractivity contribution in [2.45, 2.75) is 43.7 Å². The van der Waals surface area contributed by atoms with Crippen molar-refractivity contribution >= 4 is 39.6 Å². The van der Waals surface area contributed by atoms with E-state index in [4.69, 9.17) is 9.47 Å². The number of halogens is 4. The summed E-state index contributed by atoms with van der Waals surface area (Å²) in [5.74, 6) is 2.43. The summed E-state index contributed by atoms with van der Waals surface area (Å²) in [6.45, 7) is 1.28. The summed E-state index contributed by atoms with van der Waals surface area (Å²) in [6, 6.07) is 27.8. The molecule has 0 N–H and O–H groups in total. The number of carbonyl (C=O) groups excluding carboxylic acids is 2. The molecule has 2 aromatic heterocycles. The first-order valence-corrected chi connectivity index (χ1v) is 22.9. The summed E-state index contributed by atoms with van der Waals surface area (Å²) in [7, 11) is 9.25. The largest absolute Gasteiger partial charge is 0.496 e. The van der Waals surface area contributed by atoms with E-state index in [9.17, 15) is 22.8 Å². The van der Waals surface area contributed by atoms with E-state index in [0.717, 1.165) is 70.3 Å². The van der Waals surface area contributed by atoms with E-state index in [1.54, 1.807) is 7.11 Å². The number of likely N-dealkylation sites (tertiary alicyclic amines) is 2. The number of ether oxygens (including phenoxy) is 2. The maximum Gasteiger partial charge on any atom is 0.422 e. The number of methoxy groups -OCH3 is 1. The van der Waals surface area contributed by atoms with E-state index in [0.29, 0.717) is 42.7 Å². The molecule has 2 amide bonds. The molecule has 2 unspecified atom stereocenters. The zero-order valence-electron chi connectivity index (χ0n) is 38.2. The highest BCUT2D eigenvalue weighted by Gasteiger charge is 2.30. The topological polar surface area (TPSA) is 117 Å². The van der Waals surface area contributed by atoms with Gasteiger partial charge in [-0.2, -0.15) is 13.2 Å². The van der Waals surface area contributed by atoms with E-state index in [2.05, 4.69) is 60.1 Å². The highest BCUT2D eigenvalue weighted by Crippen LogP contribution is 2.37. The van der Waals surface area contributed by atoms with Crippen molar-refractivity contribution in [3.05, 3.63) is 143 Å². The van der Waals surface area contributed by atoms with Crippen LogP contribution in [0.2, 0.25) is 0 Å². The van der Waals surface area contributed by atoms with Crippen LogP contribution >= 0.6 is 15.9 Å². The third kappa shape index (κ3) is 12.3. The van der Waals surface area contributed by atoms with Crippen molar-refractivity contribution in [3.8, 4) is 33.8 Å². The Balaban J connectivity index is 0.000000200. The lowest BCUT2D eigenvalue weighted by molar-refractivity contribution is -0.153. The predicted molar refractivity (Wildman–Crippen MR) is 258 cm³/mol. The average Bonchev–Trinajstić information content (AvgIpc) is 3.35. The Morgan fingerprint density at radius 3 is 1.55 bits per heavy atom. The summed E-state index contributed by atoms with van der Waals surface area (Å²) in [5.41, 5.74) is 7.56. The molecule has 0 radical (unpaired) electrons. The van der Waals surface area contributed by atoms with Crippen LogP contribution in [-0.2, 0) is 0 Å². The van der Waals surface area contributed by atoms with Crippen molar-refractivity contribution in [2.24, 2.45) is 0 Å². The fraction of sp³-hybridized carbons (Fsp3) is 0.333. The fourth-order valence-corrected chi connectivity index (χ4v) is 9.01. The SMILES string of the molecule is CN(C)c1ncc(-c2ccccc2C2CCCN(C(=O)c3ccc(OCC(F)(F)F)cc3)C2)cn1.COc1ccc(C(=O)N2CCCC(c3ccccc3-c3cnc(N(C)C)nc3)C2)cc1Br. The van der Waals surface area contributed by atoms with Crippen LogP contribution in [-0.4, -0.2) is 116 Å². The number of aromatic nitrogens is 4. The van der Waals surface area contributed by atoms with Crippen molar-refractivity contribution < 1.29 is 32.2 Å². The monoisotopic (exact) mass is 978 g/mol. The lowest BCUT2D eigenvalue weighted by Gasteiger charge is -2.34. The third-order valence-electron chi connectivity index (χ3n) is 11.8. The van der Waals surface area contributed by atoms with Crippen molar-refractivity contribution in [2.75, 3.05) is 77.9 Å². The van der Waals surface area contributed by atoms with Gasteiger partial charge in [-0.3, -0.25) is 9.59 Å². The molecule has 2 fully saturated rings. The van der Waals surface area contributed by atoms with Crippen LogP contribution in [0.15, 0.2) is 120 Å². The molecule has 0 aliphatic carbocycles. The lowest BCUT2D eigenvalue weighted by atomic mass is 9.86. The van der Waals surface area contributed by atoms with Crippen LogP contribution in [0.5, 0.6) is 11.5 Å². The van der Waals surface area contributed by atoms with Crippen molar-refractivity contribution in [1.29, 1.82) is 0 Å². The molecule has 2 saturated heterocycles. The van der Waals surface area contributed by atoms with Gasteiger partial charge in [0.15, 0.2) is 6.61 Å². The second kappa shape index (κ2) is 21.8. The van der Waals surface area contributed by atoms with Gasteiger partial charge in [0.1, 0.15) is 11.5 Å². The van der Waals surface area contributed by atoms with E-state index in [-0.39, 0.29) is 29.4 Å². The summed E-state index contributed by atoms with van der Waals surface area (Å²) >= 11 is 3.49. The molecule has 350 valence electrons. The number of carbonyl (C=O) groups is 2. The molecule has 2 atom stereocenters. The lowest BCUT2D eigenvalue weighted by Crippen LogP contribution is -2.39. The average molecular weight is 980 g/mol. The smallest absolute Gasteiger partial charge is 0.422 e. The molecule has 2 aliphatic heterocycles. The molecular weight excluding hydrogens is 926 g/mol. The van der Waals surface area contributed by atoms with Crippen LogP contribution in [0, 0.1) is 0 Å². The number of amides is 2. The molecule has 16 heteroatoms. The minimum Gasteiger partial charge on any atom is -0.496 e. The molecule has 2 aliphatic rings. The van der Waals surface area contributed by atoms with Gasteiger partial charge in [-0.05, 0) is 106 Å². The predicted octanol–water partition coefficient (Wildman–Crippen LogP) is 10.2. The number of rotatable bonds is 11. The minimum absolute atomic E-state index is 0.0502. The number of hydrogen-bond acceptors (Lipinski definition) is 10. The number of benzene rings is 4. The van der Waals surface area contributed by atoms with E-state index in [1.807, 2.05) is 115 Å². The summed E-state index contributed by atoms with van der Waals surface area (Å²) in [5, 5.41) is 0. The Morgan fingerprint density at radius 1 is 0.672 bits per heavy atom. The Morgan fingerprint density at radius 2 is 1.12 bits per heavy atom. The van der Waals surface area contributed by atoms with Crippen LogP contribution in [0.25, 0.3) is 22.3 Å². The molecule has 12 nitrogen and oxygen atoms in total. The number of hydrogen-bond donors (Lipinski definition) is 0. The van der Waals surface area contributed by atoms with E-state index >= 15 is 0 Å². The highest BCUT2D eigenvalue weighted by molar-refractivity contribution is 9.10. The van der Waals surface area contributed by atoms with Gasteiger partial charge in [-0.1, -0.05) is 48.5 Å². The van der Waals surface area contributed by atoms with Gasteiger partial charge in [-0.15, -0.1) is 0 Å². The number of alkyl halides is 3. The maximum absolute atomic E-state index is 13.2. The van der Waals surface area contributed by atoms with Crippen LogP contribution in [0.4, 0.5) is 25.1 Å². The standard InChI is InChI=1S/C26H27F3N4O2.C25H27BrN4O2/c1-32(2)25-30-14-20(15-31-25)23-8-4-3-7-22(23)19-6-5-13-33(16-19)24(34)18-9-11-21(12-10-18)35-17-26(27,28)29;1-29(2)25-27-14-19(15-28-25)21-9-5-4-8-20(21)18-7-6-12-30(16-18)24(31)17-10-11-23(32-3)22(26)13-17/h3-4,7-12,14-15,19H,5-6,13,16-17H2,1-2H3;4-5,8-11,13-15,18H,6-7,12,16H2,1-3H3. The highest BCUT2D eigenvalue weighted by atomic mass is 79.9. The van der Waals surface area contributed by atoms with Gasteiger partial charge >= 0.3 is 6.18 Å². The summed E-state index contributed by atoms with van der Waals surface area (Å²) in [6.07, 6.45) is 6.79. The summed E-state index contributed by atoms with van der Waals surface area (Å²) in [4.78, 5) is 51.7. The van der Waals surface area contributed by atoms with Gasteiger partial charge in [-0.25, -0.2) is 19.9 Å². The second-order valence-corrected chi connectivity index (χ2v) is 17.8. The fourth-order valence-electron chi connectivity index (χ4n) is 8.47. The number of anilines is 2. The van der Waals surface area contributed by atoms with Gasteiger partial charge in [0, 0.05) is 113 Å². The Labute approximate surface area is 397 Å². The van der Waals surface area contributed by atoms with Crippen LogP contribution < -0.4 is 19.3 Å². The molecule has 0 saturated carbocycles. The normalized spacial score (nSPS) is 16.1. The van der Waals surface area contributed by atoms with E-state index in [1.165, 1.54) is 29.8 Å². The first-order valence-electron chi connectivity index (χ1n) is 22.1. The Hall–Kier alpha value is -6.55. The molecule has 8 rings (SSSR count). The van der Waals surface area contributed by atoms with Crippen LogP contribution in [0.3, 0.4) is 0 Å². The molecule has 0 bridgehead atoms. The van der Waals surface area contributed by atoms with E-state index < -0.39 is 12.8 Å². The molecule has 6 aromatic rings. The number of nitrogens with zero attached hydrogens (tertiary/aromatic N) is 8. The number of piperidine rings is 2. The maximum atomic E-state index is 13.2. The molecule has 0 spiro atoms.